The van der Waals surface area contributed by atoms with Gasteiger partial charge < -0.3 is 15.2 Å². The largest absolute Gasteiger partial charge is 0.353 e. The molecule has 0 unspecified atom stereocenters. The summed E-state index contributed by atoms with van der Waals surface area (Å²) in [6.45, 7) is 7.63. The van der Waals surface area contributed by atoms with Crippen molar-refractivity contribution in [2.24, 2.45) is 0 Å². The van der Waals surface area contributed by atoms with Gasteiger partial charge in [-0.15, -0.1) is 0 Å². The molecule has 2 aromatic heterocycles. The molecule has 0 amide bonds. The van der Waals surface area contributed by atoms with E-state index in [1.165, 1.54) is 12.8 Å². The Morgan fingerprint density at radius 2 is 2.08 bits per heavy atom. The Hall–Kier alpha value is -1.63. The SMILES string of the molecule is CC[C@H]1CN(c2ncc(-c3ncc[nH]3)cc2Cl)CCN1C1CCNCC1. The van der Waals surface area contributed by atoms with Gasteiger partial charge in [0, 0.05) is 55.9 Å². The van der Waals surface area contributed by atoms with Crippen molar-refractivity contribution in [3.05, 3.63) is 29.7 Å². The third-order valence-electron chi connectivity index (χ3n) is 5.67. The van der Waals surface area contributed by atoms with Crippen molar-refractivity contribution >= 4 is 17.4 Å². The third-order valence-corrected chi connectivity index (χ3v) is 5.95. The van der Waals surface area contributed by atoms with E-state index < -0.39 is 0 Å². The Kier molecular flexibility index (Phi) is 5.43. The molecule has 1 atom stereocenters. The van der Waals surface area contributed by atoms with Crippen LogP contribution in [0.15, 0.2) is 24.7 Å². The fourth-order valence-corrected chi connectivity index (χ4v) is 4.55. The molecule has 2 aliphatic rings. The summed E-state index contributed by atoms with van der Waals surface area (Å²) in [6.07, 6.45) is 9.08. The number of piperidine rings is 1. The second kappa shape index (κ2) is 7.94. The number of imidazole rings is 1. The molecule has 2 saturated heterocycles. The van der Waals surface area contributed by atoms with Crippen LogP contribution in [-0.4, -0.2) is 64.7 Å². The van der Waals surface area contributed by atoms with Crippen molar-refractivity contribution in [1.29, 1.82) is 0 Å². The molecule has 2 N–H and O–H groups in total. The molecule has 6 nitrogen and oxygen atoms in total. The first kappa shape index (κ1) is 17.8. The maximum Gasteiger partial charge on any atom is 0.147 e. The van der Waals surface area contributed by atoms with Crippen LogP contribution in [0, 0.1) is 0 Å². The Morgan fingerprint density at radius 3 is 2.77 bits per heavy atom. The number of nitrogens with one attached hydrogen (secondary N) is 2. The number of halogens is 1. The molecule has 0 spiro atoms. The lowest BCUT2D eigenvalue weighted by Crippen LogP contribution is -2.58. The molecule has 0 saturated carbocycles. The first-order chi connectivity index (χ1) is 12.8. The van der Waals surface area contributed by atoms with Gasteiger partial charge in [-0.05, 0) is 38.4 Å². The van der Waals surface area contributed by atoms with Crippen molar-refractivity contribution in [3.8, 4) is 11.4 Å². The van der Waals surface area contributed by atoms with E-state index >= 15 is 0 Å². The van der Waals surface area contributed by atoms with E-state index in [4.69, 9.17) is 11.6 Å². The zero-order chi connectivity index (χ0) is 17.9. The van der Waals surface area contributed by atoms with E-state index in [0.29, 0.717) is 17.1 Å². The highest BCUT2D eigenvalue weighted by atomic mass is 35.5. The van der Waals surface area contributed by atoms with Crippen molar-refractivity contribution in [1.82, 2.24) is 25.2 Å². The van der Waals surface area contributed by atoms with Crippen LogP contribution < -0.4 is 10.2 Å². The van der Waals surface area contributed by atoms with Gasteiger partial charge in [0.05, 0.1) is 5.02 Å². The molecule has 0 aromatic carbocycles. The van der Waals surface area contributed by atoms with E-state index in [-0.39, 0.29) is 0 Å². The quantitative estimate of drug-likeness (QED) is 0.861. The Labute approximate surface area is 160 Å². The number of pyridine rings is 1. The third kappa shape index (κ3) is 3.59. The number of hydrogen-bond donors (Lipinski definition) is 2. The van der Waals surface area contributed by atoms with Gasteiger partial charge in [0.15, 0.2) is 0 Å². The minimum absolute atomic E-state index is 0.564. The van der Waals surface area contributed by atoms with Gasteiger partial charge in [-0.25, -0.2) is 9.97 Å². The Morgan fingerprint density at radius 1 is 1.23 bits per heavy atom. The fraction of sp³-hybridized carbons (Fsp3) is 0.579. The van der Waals surface area contributed by atoms with Crippen LogP contribution in [-0.2, 0) is 0 Å². The summed E-state index contributed by atoms with van der Waals surface area (Å²) >= 11 is 6.59. The van der Waals surface area contributed by atoms with Gasteiger partial charge >= 0.3 is 0 Å². The summed E-state index contributed by atoms with van der Waals surface area (Å²) in [5.41, 5.74) is 0.920. The van der Waals surface area contributed by atoms with Gasteiger partial charge in [0.25, 0.3) is 0 Å². The molecule has 4 rings (SSSR count). The molecule has 2 aromatic rings. The second-order valence-corrected chi connectivity index (χ2v) is 7.60. The number of aromatic nitrogens is 3. The lowest BCUT2D eigenvalue weighted by Gasteiger charge is -2.46. The van der Waals surface area contributed by atoms with Gasteiger partial charge in [0.2, 0.25) is 0 Å². The van der Waals surface area contributed by atoms with Crippen molar-refractivity contribution in [3.63, 3.8) is 0 Å². The van der Waals surface area contributed by atoms with Crippen LogP contribution in [0.1, 0.15) is 26.2 Å². The van der Waals surface area contributed by atoms with Crippen molar-refractivity contribution < 1.29 is 0 Å². The molecule has 7 heteroatoms. The average Bonchev–Trinajstić information content (AvgIpc) is 3.23. The van der Waals surface area contributed by atoms with Gasteiger partial charge in [0.1, 0.15) is 11.6 Å². The zero-order valence-corrected chi connectivity index (χ0v) is 16.0. The number of H-pyrrole nitrogens is 1. The van der Waals surface area contributed by atoms with Gasteiger partial charge in [-0.1, -0.05) is 18.5 Å². The van der Waals surface area contributed by atoms with Crippen LogP contribution in [0.2, 0.25) is 5.02 Å². The molecule has 0 radical (unpaired) electrons. The molecule has 4 heterocycles. The Bertz CT molecular complexity index is 713. The van der Waals surface area contributed by atoms with Crippen LogP contribution in [0.4, 0.5) is 5.82 Å². The normalized spacial score (nSPS) is 22.7. The number of anilines is 1. The summed E-state index contributed by atoms with van der Waals surface area (Å²) in [5.74, 6) is 1.69. The number of nitrogens with zero attached hydrogens (tertiary/aromatic N) is 4. The molecular formula is C19H27ClN6. The van der Waals surface area contributed by atoms with E-state index in [0.717, 1.165) is 56.4 Å². The standard InChI is InChI=1S/C19H27ClN6/c1-2-15-13-25(9-10-26(15)16-3-5-21-6-4-16)19-17(20)11-14(12-24-19)18-22-7-8-23-18/h7-8,11-12,15-16,21H,2-6,9-10,13H2,1H3,(H,22,23)/t15-/m0/s1. The average molecular weight is 375 g/mol. The highest BCUT2D eigenvalue weighted by Crippen LogP contribution is 2.30. The predicted molar refractivity (Wildman–Crippen MR) is 106 cm³/mol. The van der Waals surface area contributed by atoms with Crippen molar-refractivity contribution in [2.45, 2.75) is 38.3 Å². The molecule has 140 valence electrons. The van der Waals surface area contributed by atoms with Crippen molar-refractivity contribution in [2.75, 3.05) is 37.6 Å². The number of aromatic amines is 1. The Balaban J connectivity index is 1.48. The number of rotatable bonds is 4. The molecule has 26 heavy (non-hydrogen) atoms. The number of hydrogen-bond acceptors (Lipinski definition) is 5. The summed E-state index contributed by atoms with van der Waals surface area (Å²) in [4.78, 5) is 17.1. The fourth-order valence-electron chi connectivity index (χ4n) is 4.26. The highest BCUT2D eigenvalue weighted by molar-refractivity contribution is 6.33. The highest BCUT2D eigenvalue weighted by Gasteiger charge is 2.32. The van der Waals surface area contributed by atoms with E-state index in [9.17, 15) is 0 Å². The van der Waals surface area contributed by atoms with E-state index in [1.54, 1.807) is 6.20 Å². The monoisotopic (exact) mass is 374 g/mol. The molecule has 2 fully saturated rings. The van der Waals surface area contributed by atoms with Crippen LogP contribution >= 0.6 is 11.6 Å². The lowest BCUT2D eigenvalue weighted by atomic mass is 9.99. The summed E-state index contributed by atoms with van der Waals surface area (Å²) in [5, 5.41) is 4.17. The lowest BCUT2D eigenvalue weighted by molar-refractivity contribution is 0.0936. The maximum absolute atomic E-state index is 6.59. The molecular weight excluding hydrogens is 348 g/mol. The predicted octanol–water partition coefficient (Wildman–Crippen LogP) is 2.78. The first-order valence-corrected chi connectivity index (χ1v) is 10.0. The summed E-state index contributed by atoms with van der Waals surface area (Å²) in [6, 6.07) is 3.24. The minimum atomic E-state index is 0.564. The van der Waals surface area contributed by atoms with Gasteiger partial charge in [-0.3, -0.25) is 4.90 Å². The first-order valence-electron chi connectivity index (χ1n) is 9.63. The van der Waals surface area contributed by atoms with Crippen LogP contribution in [0.25, 0.3) is 11.4 Å². The molecule has 0 aliphatic carbocycles. The molecule has 2 aliphatic heterocycles. The molecule has 0 bridgehead atoms. The van der Waals surface area contributed by atoms with E-state index in [1.807, 2.05) is 18.5 Å². The summed E-state index contributed by atoms with van der Waals surface area (Å²) < 4.78 is 0. The minimum Gasteiger partial charge on any atom is -0.353 e. The second-order valence-electron chi connectivity index (χ2n) is 7.19. The maximum atomic E-state index is 6.59. The van der Waals surface area contributed by atoms with E-state index in [2.05, 4.69) is 37.0 Å². The van der Waals surface area contributed by atoms with Gasteiger partial charge in [-0.2, -0.15) is 0 Å². The topological polar surface area (TPSA) is 60.1 Å². The van der Waals surface area contributed by atoms with Crippen LogP contribution in [0.3, 0.4) is 0 Å². The summed E-state index contributed by atoms with van der Waals surface area (Å²) in [7, 11) is 0. The van der Waals surface area contributed by atoms with Crippen LogP contribution in [0.5, 0.6) is 0 Å². The number of piperazine rings is 1. The smallest absolute Gasteiger partial charge is 0.147 e. The zero-order valence-electron chi connectivity index (χ0n) is 15.3.